The molecule has 0 unspecified atom stereocenters. The van der Waals surface area contributed by atoms with Gasteiger partial charge in [-0.05, 0) is 59.7 Å². The zero-order valence-electron chi connectivity index (χ0n) is 16.1. The van der Waals surface area contributed by atoms with Crippen molar-refractivity contribution in [3.8, 4) is 34.3 Å². The highest BCUT2D eigenvalue weighted by atomic mass is 16.5. The van der Waals surface area contributed by atoms with Crippen LogP contribution in [0.4, 0.5) is 0 Å². The number of fused-ring (bicyclic) bond motifs is 2. The van der Waals surface area contributed by atoms with Gasteiger partial charge in [-0.2, -0.15) is 5.26 Å². The first-order valence-corrected chi connectivity index (χ1v) is 9.36. The second kappa shape index (κ2) is 6.90. The summed E-state index contributed by atoms with van der Waals surface area (Å²) in [5.41, 5.74) is 5.42. The van der Waals surface area contributed by atoms with Crippen LogP contribution < -0.4 is 10.3 Å². The van der Waals surface area contributed by atoms with Gasteiger partial charge in [0.15, 0.2) is 5.69 Å². The number of ether oxygens (including phenoxy) is 1. The van der Waals surface area contributed by atoms with Crippen LogP contribution in [-0.2, 0) is 0 Å². The third-order valence-corrected chi connectivity index (χ3v) is 5.12. The maximum atomic E-state index is 12.8. The molecule has 2 heterocycles. The molecule has 0 aliphatic rings. The van der Waals surface area contributed by atoms with Crippen LogP contribution in [0, 0.1) is 11.3 Å². The van der Waals surface area contributed by atoms with E-state index in [1.54, 1.807) is 19.2 Å². The van der Waals surface area contributed by atoms with Crippen LogP contribution in [0.2, 0.25) is 0 Å². The smallest absolute Gasteiger partial charge is 0.276 e. The van der Waals surface area contributed by atoms with Crippen molar-refractivity contribution in [1.29, 1.82) is 5.26 Å². The quantitative estimate of drug-likeness (QED) is 0.468. The average molecular weight is 392 g/mol. The van der Waals surface area contributed by atoms with Gasteiger partial charge in [-0.15, -0.1) is 0 Å². The second-order valence-electron chi connectivity index (χ2n) is 6.97. The summed E-state index contributed by atoms with van der Waals surface area (Å²) in [5, 5.41) is 9.94. The standard InChI is InChI=1S/C24H16N4O2/c1-30-18-6-3-15(4-7-18)16-5-9-20-21(11-16)28-24(29)23(27-20)22-12-17-10-14(13-25)2-8-19(17)26-22/h2-12,26H,1H3,(H,28,29). The lowest BCUT2D eigenvalue weighted by Crippen LogP contribution is -2.11. The van der Waals surface area contributed by atoms with Gasteiger partial charge in [-0.25, -0.2) is 4.98 Å². The minimum absolute atomic E-state index is 0.276. The molecule has 0 radical (unpaired) electrons. The Bertz CT molecular complexity index is 1510. The van der Waals surface area contributed by atoms with Crippen LogP contribution in [0.15, 0.2) is 71.5 Å². The van der Waals surface area contributed by atoms with Gasteiger partial charge in [0.2, 0.25) is 0 Å². The largest absolute Gasteiger partial charge is 0.497 e. The number of hydrogen-bond acceptors (Lipinski definition) is 4. The van der Waals surface area contributed by atoms with Crippen LogP contribution in [0.3, 0.4) is 0 Å². The molecule has 6 heteroatoms. The number of aromatic amines is 2. The summed E-state index contributed by atoms with van der Waals surface area (Å²) in [6, 6.07) is 22.8. The minimum atomic E-state index is -0.276. The Morgan fingerprint density at radius 2 is 1.70 bits per heavy atom. The lowest BCUT2D eigenvalue weighted by Gasteiger charge is -2.06. The molecule has 5 rings (SSSR count). The predicted molar refractivity (Wildman–Crippen MR) is 116 cm³/mol. The Morgan fingerprint density at radius 3 is 2.47 bits per heavy atom. The molecule has 0 aliphatic heterocycles. The van der Waals surface area contributed by atoms with E-state index in [4.69, 9.17) is 10.00 Å². The highest BCUT2D eigenvalue weighted by molar-refractivity contribution is 5.88. The maximum Gasteiger partial charge on any atom is 0.276 e. The Kier molecular flexibility index (Phi) is 4.08. The van der Waals surface area contributed by atoms with E-state index < -0.39 is 0 Å². The highest BCUT2D eigenvalue weighted by Gasteiger charge is 2.12. The highest BCUT2D eigenvalue weighted by Crippen LogP contribution is 2.26. The number of nitriles is 1. The lowest BCUT2D eigenvalue weighted by molar-refractivity contribution is 0.415. The fourth-order valence-corrected chi connectivity index (χ4v) is 3.56. The van der Waals surface area contributed by atoms with Gasteiger partial charge in [0.05, 0.1) is 35.5 Å². The van der Waals surface area contributed by atoms with Gasteiger partial charge < -0.3 is 14.7 Å². The Morgan fingerprint density at radius 1 is 0.900 bits per heavy atom. The van der Waals surface area contributed by atoms with Crippen molar-refractivity contribution in [2.75, 3.05) is 7.11 Å². The molecule has 0 aliphatic carbocycles. The summed E-state index contributed by atoms with van der Waals surface area (Å²) in [4.78, 5) is 23.5. The van der Waals surface area contributed by atoms with Crippen LogP contribution in [0.1, 0.15) is 5.56 Å². The normalized spacial score (nSPS) is 10.9. The van der Waals surface area contributed by atoms with Crippen molar-refractivity contribution >= 4 is 21.9 Å². The molecule has 6 nitrogen and oxygen atoms in total. The summed E-state index contributed by atoms with van der Waals surface area (Å²) < 4.78 is 5.20. The molecule has 2 N–H and O–H groups in total. The fourth-order valence-electron chi connectivity index (χ4n) is 3.56. The summed E-state index contributed by atoms with van der Waals surface area (Å²) in [5.74, 6) is 0.791. The second-order valence-corrected chi connectivity index (χ2v) is 6.97. The van der Waals surface area contributed by atoms with E-state index in [-0.39, 0.29) is 5.56 Å². The molecule has 144 valence electrons. The van der Waals surface area contributed by atoms with Crippen molar-refractivity contribution in [2.45, 2.75) is 0 Å². The van der Waals surface area contributed by atoms with Crippen LogP contribution in [-0.4, -0.2) is 22.1 Å². The van der Waals surface area contributed by atoms with Gasteiger partial charge in [0, 0.05) is 10.9 Å². The predicted octanol–water partition coefficient (Wildman–Crippen LogP) is 4.62. The molecule has 0 bridgehead atoms. The van der Waals surface area contributed by atoms with Gasteiger partial charge in [-0.3, -0.25) is 4.79 Å². The first-order chi connectivity index (χ1) is 14.6. The summed E-state index contributed by atoms with van der Waals surface area (Å²) in [6.07, 6.45) is 0. The zero-order chi connectivity index (χ0) is 20.7. The van der Waals surface area contributed by atoms with Crippen LogP contribution in [0.5, 0.6) is 5.75 Å². The molecule has 0 saturated carbocycles. The molecule has 0 amide bonds. The van der Waals surface area contributed by atoms with Crippen LogP contribution in [0.25, 0.3) is 44.5 Å². The van der Waals surface area contributed by atoms with Gasteiger partial charge in [0.25, 0.3) is 5.56 Å². The van der Waals surface area contributed by atoms with E-state index in [0.29, 0.717) is 28.0 Å². The summed E-state index contributed by atoms with van der Waals surface area (Å²) in [7, 11) is 1.63. The van der Waals surface area contributed by atoms with E-state index in [1.807, 2.05) is 54.6 Å². The summed E-state index contributed by atoms with van der Waals surface area (Å²) in [6.45, 7) is 0. The molecule has 0 spiro atoms. The third kappa shape index (κ3) is 2.99. The molecule has 0 saturated heterocycles. The monoisotopic (exact) mass is 392 g/mol. The fraction of sp³-hybridized carbons (Fsp3) is 0.0417. The maximum absolute atomic E-state index is 12.8. The number of aromatic nitrogens is 3. The number of nitrogens with zero attached hydrogens (tertiary/aromatic N) is 2. The number of methoxy groups -OCH3 is 1. The topological polar surface area (TPSA) is 94.6 Å². The van der Waals surface area contributed by atoms with Crippen molar-refractivity contribution in [2.24, 2.45) is 0 Å². The molecule has 2 aromatic heterocycles. The van der Waals surface area contributed by atoms with Crippen LogP contribution >= 0.6 is 0 Å². The van der Waals surface area contributed by atoms with Crippen molar-refractivity contribution in [1.82, 2.24) is 15.0 Å². The molecule has 0 atom stereocenters. The summed E-state index contributed by atoms with van der Waals surface area (Å²) >= 11 is 0. The Hall–Kier alpha value is -4.37. The zero-order valence-corrected chi connectivity index (χ0v) is 16.1. The van der Waals surface area contributed by atoms with Gasteiger partial charge in [-0.1, -0.05) is 18.2 Å². The number of H-pyrrole nitrogens is 2. The number of rotatable bonds is 3. The molecule has 30 heavy (non-hydrogen) atoms. The Balaban J connectivity index is 1.58. The van der Waals surface area contributed by atoms with E-state index in [9.17, 15) is 4.79 Å². The molecule has 3 aromatic carbocycles. The lowest BCUT2D eigenvalue weighted by atomic mass is 10.0. The molecular formula is C24H16N4O2. The van der Waals surface area contributed by atoms with Crippen molar-refractivity contribution < 1.29 is 4.74 Å². The van der Waals surface area contributed by atoms with Crippen molar-refractivity contribution in [3.05, 3.63) is 82.6 Å². The van der Waals surface area contributed by atoms with Gasteiger partial charge in [0.1, 0.15) is 5.75 Å². The minimum Gasteiger partial charge on any atom is -0.497 e. The van der Waals surface area contributed by atoms with E-state index >= 15 is 0 Å². The molecule has 0 fully saturated rings. The SMILES string of the molecule is COc1ccc(-c2ccc3nc(-c4cc5cc(C#N)ccc5[nH]4)c(=O)[nH]c3c2)cc1. The van der Waals surface area contributed by atoms with E-state index in [1.165, 1.54) is 0 Å². The molecule has 5 aromatic rings. The average Bonchev–Trinajstić information content (AvgIpc) is 3.21. The van der Waals surface area contributed by atoms with Gasteiger partial charge >= 0.3 is 0 Å². The number of benzene rings is 3. The van der Waals surface area contributed by atoms with E-state index in [0.717, 1.165) is 27.8 Å². The molecular weight excluding hydrogens is 376 g/mol. The third-order valence-electron chi connectivity index (χ3n) is 5.12. The number of nitrogens with one attached hydrogen (secondary N) is 2. The first kappa shape index (κ1) is 17.7. The number of hydrogen-bond donors (Lipinski definition) is 2. The van der Waals surface area contributed by atoms with Crippen molar-refractivity contribution in [3.63, 3.8) is 0 Å². The first-order valence-electron chi connectivity index (χ1n) is 9.36. The van der Waals surface area contributed by atoms with E-state index in [2.05, 4.69) is 21.0 Å². The Labute approximate surface area is 171 Å².